The summed E-state index contributed by atoms with van der Waals surface area (Å²) in [6.45, 7) is 12.1. The SMILES string of the molecule is CC[NH+]1CCN(c2cc(C)nc3c(-c4ccccc4)c(C)nn23)CC1. The van der Waals surface area contributed by atoms with E-state index >= 15 is 0 Å². The minimum absolute atomic E-state index is 0.962. The first-order chi connectivity index (χ1) is 12.2. The highest BCUT2D eigenvalue weighted by Crippen LogP contribution is 2.30. The Morgan fingerprint density at radius 3 is 2.48 bits per heavy atom. The Balaban J connectivity index is 1.82. The van der Waals surface area contributed by atoms with Crippen LogP contribution in [0.15, 0.2) is 36.4 Å². The summed E-state index contributed by atoms with van der Waals surface area (Å²) in [4.78, 5) is 8.97. The van der Waals surface area contributed by atoms with E-state index in [1.54, 1.807) is 4.90 Å². The molecule has 130 valence electrons. The summed E-state index contributed by atoms with van der Waals surface area (Å²) < 4.78 is 2.04. The number of nitrogens with one attached hydrogen (secondary N) is 1. The van der Waals surface area contributed by atoms with Gasteiger partial charge in [-0.15, -0.1) is 0 Å². The molecule has 1 aliphatic rings. The van der Waals surface area contributed by atoms with E-state index in [1.807, 2.05) is 10.6 Å². The van der Waals surface area contributed by atoms with Gasteiger partial charge in [0.05, 0.1) is 38.4 Å². The number of rotatable bonds is 3. The van der Waals surface area contributed by atoms with Gasteiger partial charge in [0.25, 0.3) is 0 Å². The van der Waals surface area contributed by atoms with Crippen molar-refractivity contribution in [3.63, 3.8) is 0 Å². The van der Waals surface area contributed by atoms with E-state index in [9.17, 15) is 0 Å². The summed E-state index contributed by atoms with van der Waals surface area (Å²) in [6, 6.07) is 12.6. The van der Waals surface area contributed by atoms with Gasteiger partial charge in [0.2, 0.25) is 0 Å². The second-order valence-electron chi connectivity index (χ2n) is 6.91. The lowest BCUT2D eigenvalue weighted by molar-refractivity contribution is -0.898. The van der Waals surface area contributed by atoms with Crippen molar-refractivity contribution in [3.05, 3.63) is 47.8 Å². The average molecular weight is 336 g/mol. The Labute approximate surface area is 148 Å². The van der Waals surface area contributed by atoms with Gasteiger partial charge in [-0.1, -0.05) is 30.3 Å². The molecule has 0 saturated carbocycles. The predicted octanol–water partition coefficient (Wildman–Crippen LogP) is 1.74. The molecule has 0 spiro atoms. The molecule has 0 aliphatic carbocycles. The number of quaternary nitrogens is 1. The zero-order valence-electron chi connectivity index (χ0n) is 15.3. The third-order valence-electron chi connectivity index (χ3n) is 5.23. The fourth-order valence-corrected chi connectivity index (χ4v) is 3.80. The van der Waals surface area contributed by atoms with Gasteiger partial charge in [0.15, 0.2) is 5.65 Å². The molecular formula is C20H26N5+. The molecule has 25 heavy (non-hydrogen) atoms. The lowest BCUT2D eigenvalue weighted by Crippen LogP contribution is -3.14. The van der Waals surface area contributed by atoms with Crippen LogP contribution in [0.2, 0.25) is 0 Å². The normalized spacial score (nSPS) is 15.9. The molecule has 4 rings (SSSR count). The van der Waals surface area contributed by atoms with Crippen LogP contribution >= 0.6 is 0 Å². The number of fused-ring (bicyclic) bond motifs is 1. The number of hydrogen-bond acceptors (Lipinski definition) is 3. The third-order valence-corrected chi connectivity index (χ3v) is 5.23. The molecule has 2 aromatic heterocycles. The summed E-state index contributed by atoms with van der Waals surface area (Å²) in [7, 11) is 0. The molecule has 0 unspecified atom stereocenters. The maximum absolute atomic E-state index is 4.85. The van der Waals surface area contributed by atoms with Crippen LogP contribution in [0.5, 0.6) is 0 Å². The van der Waals surface area contributed by atoms with Crippen LogP contribution in [-0.2, 0) is 0 Å². The number of piperazine rings is 1. The fourth-order valence-electron chi connectivity index (χ4n) is 3.80. The molecule has 5 heteroatoms. The minimum Gasteiger partial charge on any atom is -0.345 e. The highest BCUT2D eigenvalue weighted by molar-refractivity contribution is 5.81. The van der Waals surface area contributed by atoms with Crippen LogP contribution in [0.1, 0.15) is 18.3 Å². The first kappa shape index (κ1) is 16.1. The van der Waals surface area contributed by atoms with Crippen molar-refractivity contribution in [2.45, 2.75) is 20.8 Å². The molecule has 3 aromatic rings. The molecule has 1 saturated heterocycles. The van der Waals surface area contributed by atoms with Crippen molar-refractivity contribution in [1.29, 1.82) is 0 Å². The van der Waals surface area contributed by atoms with Gasteiger partial charge in [-0.25, -0.2) is 4.98 Å². The molecule has 0 bridgehead atoms. The van der Waals surface area contributed by atoms with Crippen molar-refractivity contribution in [2.75, 3.05) is 37.6 Å². The number of aromatic nitrogens is 3. The summed E-state index contributed by atoms with van der Waals surface area (Å²) in [5.74, 6) is 1.17. The van der Waals surface area contributed by atoms with Crippen molar-refractivity contribution in [3.8, 4) is 11.1 Å². The molecule has 5 nitrogen and oxygen atoms in total. The summed E-state index contributed by atoms with van der Waals surface area (Å²) in [5.41, 5.74) is 5.36. The zero-order valence-corrected chi connectivity index (χ0v) is 15.3. The van der Waals surface area contributed by atoms with Crippen molar-refractivity contribution in [1.82, 2.24) is 14.6 Å². The van der Waals surface area contributed by atoms with E-state index < -0.39 is 0 Å². The largest absolute Gasteiger partial charge is 0.345 e. The van der Waals surface area contributed by atoms with Gasteiger partial charge < -0.3 is 9.80 Å². The average Bonchev–Trinajstić information content (AvgIpc) is 2.97. The minimum atomic E-state index is 0.962. The Morgan fingerprint density at radius 2 is 1.80 bits per heavy atom. The standard InChI is InChI=1S/C20H25N5/c1-4-23-10-12-24(13-11-23)18-14-15(2)21-20-19(16(3)22-25(18)20)17-8-6-5-7-9-17/h5-9,14H,4,10-13H2,1-3H3/p+1. The highest BCUT2D eigenvalue weighted by atomic mass is 15.4. The van der Waals surface area contributed by atoms with Crippen LogP contribution in [0.3, 0.4) is 0 Å². The van der Waals surface area contributed by atoms with Gasteiger partial charge in [0.1, 0.15) is 5.82 Å². The summed E-state index contributed by atoms with van der Waals surface area (Å²) in [5, 5.41) is 4.85. The number of aryl methyl sites for hydroxylation is 2. The molecule has 1 aromatic carbocycles. The van der Waals surface area contributed by atoms with Crippen LogP contribution in [0.25, 0.3) is 16.8 Å². The Hall–Kier alpha value is -2.40. The third kappa shape index (κ3) is 2.89. The van der Waals surface area contributed by atoms with Gasteiger partial charge in [-0.2, -0.15) is 9.61 Å². The van der Waals surface area contributed by atoms with E-state index in [0.29, 0.717) is 0 Å². The smallest absolute Gasteiger partial charge is 0.165 e. The lowest BCUT2D eigenvalue weighted by atomic mass is 10.1. The second-order valence-corrected chi connectivity index (χ2v) is 6.91. The molecule has 1 aliphatic heterocycles. The zero-order chi connectivity index (χ0) is 17.4. The van der Waals surface area contributed by atoms with Crippen molar-refractivity contribution in [2.24, 2.45) is 0 Å². The molecule has 1 fully saturated rings. The molecular weight excluding hydrogens is 310 g/mol. The number of likely N-dealkylation sites (N-methyl/N-ethyl adjacent to an activating group) is 1. The van der Waals surface area contributed by atoms with Crippen molar-refractivity contribution >= 4 is 11.5 Å². The van der Waals surface area contributed by atoms with E-state index in [2.05, 4.69) is 56.0 Å². The van der Waals surface area contributed by atoms with Gasteiger partial charge >= 0.3 is 0 Å². The summed E-state index contributed by atoms with van der Waals surface area (Å²) >= 11 is 0. The maximum Gasteiger partial charge on any atom is 0.165 e. The predicted molar refractivity (Wildman–Crippen MR) is 101 cm³/mol. The summed E-state index contributed by atoms with van der Waals surface area (Å²) in [6.07, 6.45) is 0. The Morgan fingerprint density at radius 1 is 1.08 bits per heavy atom. The Kier molecular flexibility index (Phi) is 4.17. The molecule has 1 N–H and O–H groups in total. The monoisotopic (exact) mass is 336 g/mol. The molecule has 0 radical (unpaired) electrons. The van der Waals surface area contributed by atoms with Crippen LogP contribution < -0.4 is 9.80 Å². The Bertz CT molecular complexity index is 876. The van der Waals surface area contributed by atoms with Crippen LogP contribution in [-0.4, -0.2) is 47.3 Å². The first-order valence-electron chi connectivity index (χ1n) is 9.18. The molecule has 3 heterocycles. The van der Waals surface area contributed by atoms with E-state index in [1.165, 1.54) is 31.0 Å². The second kappa shape index (κ2) is 6.48. The number of benzene rings is 1. The van der Waals surface area contributed by atoms with Gasteiger partial charge in [-0.05, 0) is 26.3 Å². The van der Waals surface area contributed by atoms with Gasteiger partial charge in [-0.3, -0.25) is 0 Å². The topological polar surface area (TPSA) is 37.9 Å². The quantitative estimate of drug-likeness (QED) is 0.792. The highest BCUT2D eigenvalue weighted by Gasteiger charge is 2.23. The number of anilines is 1. The van der Waals surface area contributed by atoms with Crippen molar-refractivity contribution < 1.29 is 4.90 Å². The first-order valence-corrected chi connectivity index (χ1v) is 9.18. The van der Waals surface area contributed by atoms with Gasteiger partial charge in [0, 0.05) is 17.3 Å². The van der Waals surface area contributed by atoms with E-state index in [4.69, 9.17) is 10.1 Å². The number of hydrogen-bond donors (Lipinski definition) is 1. The molecule has 0 atom stereocenters. The van der Waals surface area contributed by atoms with E-state index in [-0.39, 0.29) is 0 Å². The van der Waals surface area contributed by atoms with E-state index in [0.717, 1.165) is 35.7 Å². The van der Waals surface area contributed by atoms with Crippen LogP contribution in [0.4, 0.5) is 5.82 Å². The fraction of sp³-hybridized carbons (Fsp3) is 0.400. The maximum atomic E-state index is 4.85. The van der Waals surface area contributed by atoms with Crippen LogP contribution in [0, 0.1) is 13.8 Å². The lowest BCUT2D eigenvalue weighted by Gasteiger charge is -2.33. The number of nitrogens with zero attached hydrogens (tertiary/aromatic N) is 4. The molecule has 0 amide bonds.